The van der Waals surface area contributed by atoms with E-state index in [2.05, 4.69) is 20.7 Å². The lowest BCUT2D eigenvalue weighted by atomic mass is 10.1. The minimum atomic E-state index is -0.476. The number of hydrogen-bond donors (Lipinski definition) is 0. The van der Waals surface area contributed by atoms with Crippen molar-refractivity contribution >= 4 is 21.9 Å². The molecule has 0 saturated carbocycles. The third-order valence-electron chi connectivity index (χ3n) is 2.42. The molecule has 0 radical (unpaired) electrons. The van der Waals surface area contributed by atoms with Crippen molar-refractivity contribution in [3.8, 4) is 5.75 Å². The van der Waals surface area contributed by atoms with E-state index in [1.807, 2.05) is 18.2 Å². The molecule has 0 aliphatic carbocycles. The summed E-state index contributed by atoms with van der Waals surface area (Å²) in [4.78, 5) is 11.3. The van der Waals surface area contributed by atoms with Gasteiger partial charge in [-0.2, -0.15) is 0 Å². The molecule has 0 fully saturated rings. The molecule has 0 bridgehead atoms. The first-order chi connectivity index (χ1) is 7.24. The van der Waals surface area contributed by atoms with E-state index in [-0.39, 0.29) is 5.97 Å². The molecule has 1 aromatic carbocycles. The van der Waals surface area contributed by atoms with Crippen LogP contribution in [0.15, 0.2) is 18.2 Å². The van der Waals surface area contributed by atoms with Crippen LogP contribution in [0.5, 0.6) is 5.75 Å². The van der Waals surface area contributed by atoms with Crippen molar-refractivity contribution in [1.82, 2.24) is 0 Å². The van der Waals surface area contributed by atoms with E-state index in [0.29, 0.717) is 6.42 Å². The van der Waals surface area contributed by atoms with E-state index in [4.69, 9.17) is 4.74 Å². The molecular weight excluding hydrogens is 260 g/mol. The Morgan fingerprint density at radius 2 is 2.47 bits per heavy atom. The second kappa shape index (κ2) is 4.23. The summed E-state index contributed by atoms with van der Waals surface area (Å²) in [6, 6.07) is 5.93. The largest absolute Gasteiger partial charge is 0.478 e. The molecule has 1 atom stereocenters. The Morgan fingerprint density at radius 3 is 3.13 bits per heavy atom. The smallest absolute Gasteiger partial charge is 0.347 e. The highest BCUT2D eigenvalue weighted by Crippen LogP contribution is 2.30. The lowest BCUT2D eigenvalue weighted by Gasteiger charge is -2.06. The van der Waals surface area contributed by atoms with Gasteiger partial charge in [0.1, 0.15) is 5.75 Å². The van der Waals surface area contributed by atoms with Crippen LogP contribution in [0.1, 0.15) is 11.1 Å². The summed E-state index contributed by atoms with van der Waals surface area (Å²) in [5.74, 6) is 0.474. The molecule has 3 nitrogen and oxygen atoms in total. The Labute approximate surface area is 96.5 Å². The normalized spacial score (nSPS) is 18.1. The number of benzene rings is 1. The number of halogens is 1. The van der Waals surface area contributed by atoms with Gasteiger partial charge in [0, 0.05) is 11.8 Å². The summed E-state index contributed by atoms with van der Waals surface area (Å²) in [5.41, 5.74) is 2.25. The highest BCUT2D eigenvalue weighted by Gasteiger charge is 2.29. The summed E-state index contributed by atoms with van der Waals surface area (Å²) in [6.45, 7) is 0. The fraction of sp³-hybridized carbons (Fsp3) is 0.364. The maximum atomic E-state index is 11.3. The van der Waals surface area contributed by atoms with E-state index in [1.165, 1.54) is 12.7 Å². The predicted molar refractivity (Wildman–Crippen MR) is 59.2 cm³/mol. The average molecular weight is 271 g/mol. The van der Waals surface area contributed by atoms with Crippen molar-refractivity contribution in [2.24, 2.45) is 0 Å². The van der Waals surface area contributed by atoms with Crippen LogP contribution in [0.4, 0.5) is 0 Å². The fourth-order valence-electron chi connectivity index (χ4n) is 1.65. The molecule has 4 heteroatoms. The number of carbonyl (C=O) groups excluding carboxylic acids is 1. The van der Waals surface area contributed by atoms with Gasteiger partial charge in [0.15, 0.2) is 6.10 Å². The third kappa shape index (κ3) is 2.00. The molecule has 1 aliphatic rings. The summed E-state index contributed by atoms with van der Waals surface area (Å²) >= 11 is 3.39. The van der Waals surface area contributed by atoms with Gasteiger partial charge in [0.2, 0.25) is 0 Å². The van der Waals surface area contributed by atoms with Crippen LogP contribution >= 0.6 is 15.9 Å². The Morgan fingerprint density at radius 1 is 1.67 bits per heavy atom. The molecule has 0 saturated heterocycles. The summed E-state index contributed by atoms with van der Waals surface area (Å²) in [6.07, 6.45) is 0.124. The summed E-state index contributed by atoms with van der Waals surface area (Å²) in [5, 5.41) is 0.809. The SMILES string of the molecule is COC(=O)C1Cc2cc(CBr)ccc2O1. The van der Waals surface area contributed by atoms with Crippen molar-refractivity contribution in [1.29, 1.82) is 0 Å². The first-order valence-corrected chi connectivity index (χ1v) is 5.79. The molecular formula is C11H11BrO3. The van der Waals surface area contributed by atoms with Crippen molar-refractivity contribution in [3.63, 3.8) is 0 Å². The van der Waals surface area contributed by atoms with Crippen LogP contribution in [0.3, 0.4) is 0 Å². The van der Waals surface area contributed by atoms with Crippen molar-refractivity contribution in [2.75, 3.05) is 7.11 Å². The maximum Gasteiger partial charge on any atom is 0.347 e. The van der Waals surface area contributed by atoms with Gasteiger partial charge in [0.25, 0.3) is 0 Å². The lowest BCUT2D eigenvalue weighted by molar-refractivity contribution is -0.147. The molecule has 0 N–H and O–H groups in total. The Bertz CT molecular complexity index is 389. The monoisotopic (exact) mass is 270 g/mol. The molecule has 2 rings (SSSR count). The Kier molecular flexibility index (Phi) is 2.95. The number of fused-ring (bicyclic) bond motifs is 1. The second-order valence-corrected chi connectivity index (χ2v) is 3.97. The zero-order valence-electron chi connectivity index (χ0n) is 8.33. The Hall–Kier alpha value is -1.03. The minimum Gasteiger partial charge on any atom is -0.478 e. The number of methoxy groups -OCH3 is 1. The maximum absolute atomic E-state index is 11.3. The molecule has 0 amide bonds. The van der Waals surface area contributed by atoms with Crippen LogP contribution < -0.4 is 4.74 Å². The molecule has 1 heterocycles. The van der Waals surface area contributed by atoms with Crippen LogP contribution in [0.2, 0.25) is 0 Å². The van der Waals surface area contributed by atoms with Gasteiger partial charge < -0.3 is 9.47 Å². The first kappa shape index (κ1) is 10.5. The van der Waals surface area contributed by atoms with Gasteiger partial charge >= 0.3 is 5.97 Å². The highest BCUT2D eigenvalue weighted by molar-refractivity contribution is 9.08. The van der Waals surface area contributed by atoms with Crippen molar-refractivity contribution < 1.29 is 14.3 Å². The molecule has 80 valence electrons. The Balaban J connectivity index is 2.20. The minimum absolute atomic E-state index is 0.313. The van der Waals surface area contributed by atoms with E-state index in [1.54, 1.807) is 0 Å². The summed E-state index contributed by atoms with van der Waals surface area (Å²) < 4.78 is 10.1. The number of carbonyl (C=O) groups is 1. The number of rotatable bonds is 2. The molecule has 0 aromatic heterocycles. The molecule has 1 aliphatic heterocycles. The van der Waals surface area contributed by atoms with Gasteiger partial charge in [-0.3, -0.25) is 0 Å². The first-order valence-electron chi connectivity index (χ1n) is 4.67. The number of hydrogen-bond acceptors (Lipinski definition) is 3. The second-order valence-electron chi connectivity index (χ2n) is 3.41. The van der Waals surface area contributed by atoms with Gasteiger partial charge in [-0.05, 0) is 17.2 Å². The van der Waals surface area contributed by atoms with Crippen LogP contribution in [-0.4, -0.2) is 19.2 Å². The molecule has 1 aromatic rings. The zero-order valence-corrected chi connectivity index (χ0v) is 9.91. The van der Waals surface area contributed by atoms with E-state index >= 15 is 0 Å². The van der Waals surface area contributed by atoms with Crippen LogP contribution in [-0.2, 0) is 21.3 Å². The number of alkyl halides is 1. The summed E-state index contributed by atoms with van der Waals surface area (Å²) in [7, 11) is 1.37. The van der Waals surface area contributed by atoms with E-state index in [9.17, 15) is 4.79 Å². The van der Waals surface area contributed by atoms with Crippen molar-refractivity contribution in [3.05, 3.63) is 29.3 Å². The average Bonchev–Trinajstić information content (AvgIpc) is 2.70. The highest BCUT2D eigenvalue weighted by atomic mass is 79.9. The molecule has 1 unspecified atom stereocenters. The quantitative estimate of drug-likeness (QED) is 0.610. The van der Waals surface area contributed by atoms with E-state index < -0.39 is 6.10 Å². The van der Waals surface area contributed by atoms with Gasteiger partial charge in [0.05, 0.1) is 7.11 Å². The van der Waals surface area contributed by atoms with Gasteiger partial charge in [-0.25, -0.2) is 4.79 Å². The fourth-order valence-corrected chi connectivity index (χ4v) is 2.00. The lowest BCUT2D eigenvalue weighted by Crippen LogP contribution is -2.26. The van der Waals surface area contributed by atoms with Gasteiger partial charge in [-0.15, -0.1) is 0 Å². The molecule has 0 spiro atoms. The number of ether oxygens (including phenoxy) is 2. The zero-order chi connectivity index (χ0) is 10.8. The third-order valence-corrected chi connectivity index (χ3v) is 3.07. The molecule has 15 heavy (non-hydrogen) atoms. The van der Waals surface area contributed by atoms with Crippen LogP contribution in [0, 0.1) is 0 Å². The predicted octanol–water partition coefficient (Wildman–Crippen LogP) is 2.06. The van der Waals surface area contributed by atoms with E-state index in [0.717, 1.165) is 16.6 Å². The van der Waals surface area contributed by atoms with Crippen LogP contribution in [0.25, 0.3) is 0 Å². The van der Waals surface area contributed by atoms with Gasteiger partial charge in [-0.1, -0.05) is 28.1 Å². The van der Waals surface area contributed by atoms with Crippen molar-refractivity contribution in [2.45, 2.75) is 17.9 Å². The topological polar surface area (TPSA) is 35.5 Å². The standard InChI is InChI=1S/C11H11BrO3/c1-14-11(13)10-5-8-4-7(6-12)2-3-9(8)15-10/h2-4,10H,5-6H2,1H3. The number of esters is 1.